The lowest BCUT2D eigenvalue weighted by Crippen LogP contribution is -2.41. The summed E-state index contributed by atoms with van der Waals surface area (Å²) in [4.78, 5) is 0. The van der Waals surface area contributed by atoms with Gasteiger partial charge in [0.25, 0.3) is 0 Å². The van der Waals surface area contributed by atoms with Gasteiger partial charge in [-0.3, -0.25) is 4.68 Å². The maximum Gasteiger partial charge on any atom is 0.494 e. The summed E-state index contributed by atoms with van der Waals surface area (Å²) in [5.74, 6) is 0.787. The van der Waals surface area contributed by atoms with Crippen LogP contribution in [0.5, 0.6) is 0 Å². The zero-order valence-corrected chi connectivity index (χ0v) is 15.6. The Hall–Kier alpha value is -1.33. The molecule has 1 saturated heterocycles. The second kappa shape index (κ2) is 5.09. The van der Waals surface area contributed by atoms with Gasteiger partial charge in [0.15, 0.2) is 0 Å². The largest absolute Gasteiger partial charge is 0.494 e. The molecule has 0 N–H and O–H groups in total. The van der Waals surface area contributed by atoms with Crippen molar-refractivity contribution in [2.24, 2.45) is 5.92 Å². The van der Waals surface area contributed by atoms with Crippen LogP contribution in [0.3, 0.4) is 0 Å². The van der Waals surface area contributed by atoms with Gasteiger partial charge in [-0.1, -0.05) is 12.1 Å². The van der Waals surface area contributed by atoms with Crippen molar-refractivity contribution in [2.75, 3.05) is 0 Å². The molecule has 1 aliphatic heterocycles. The molecule has 1 aliphatic carbocycles. The Labute approximate surface area is 144 Å². The van der Waals surface area contributed by atoms with Crippen LogP contribution in [0.15, 0.2) is 18.3 Å². The molecule has 2 aromatic rings. The number of aryl methyl sites for hydroxylation is 1. The van der Waals surface area contributed by atoms with Gasteiger partial charge in [-0.05, 0) is 71.3 Å². The zero-order chi connectivity index (χ0) is 17.3. The summed E-state index contributed by atoms with van der Waals surface area (Å²) in [7, 11) is -0.317. The molecule has 24 heavy (non-hydrogen) atoms. The van der Waals surface area contributed by atoms with Crippen molar-refractivity contribution >= 4 is 23.5 Å². The summed E-state index contributed by atoms with van der Waals surface area (Å²) < 4.78 is 14.6. The molecule has 0 amide bonds. The van der Waals surface area contributed by atoms with E-state index >= 15 is 0 Å². The maximum atomic E-state index is 6.21. The van der Waals surface area contributed by atoms with Gasteiger partial charge in [-0.2, -0.15) is 5.10 Å². The predicted molar refractivity (Wildman–Crippen MR) is 97.6 cm³/mol. The monoisotopic (exact) mass is 326 g/mol. The van der Waals surface area contributed by atoms with Crippen molar-refractivity contribution in [2.45, 2.75) is 71.6 Å². The van der Waals surface area contributed by atoms with Gasteiger partial charge >= 0.3 is 7.12 Å². The fourth-order valence-electron chi connectivity index (χ4n) is 3.63. The van der Waals surface area contributed by atoms with E-state index < -0.39 is 0 Å². The maximum absolute atomic E-state index is 6.21. The van der Waals surface area contributed by atoms with E-state index in [0.29, 0.717) is 6.04 Å². The zero-order valence-electron chi connectivity index (χ0n) is 15.6. The van der Waals surface area contributed by atoms with Crippen molar-refractivity contribution in [3.05, 3.63) is 23.9 Å². The quantitative estimate of drug-likeness (QED) is 0.809. The minimum Gasteiger partial charge on any atom is -0.399 e. The molecule has 4 nitrogen and oxygen atoms in total. The summed E-state index contributed by atoms with van der Waals surface area (Å²) in [6, 6.07) is 4.85. The highest BCUT2D eigenvalue weighted by atomic mass is 16.7. The van der Waals surface area contributed by atoms with E-state index in [-0.39, 0.29) is 18.3 Å². The lowest BCUT2D eigenvalue weighted by Gasteiger charge is -2.32. The molecule has 2 heterocycles. The van der Waals surface area contributed by atoms with Gasteiger partial charge in [0.1, 0.15) is 0 Å². The first-order valence-electron chi connectivity index (χ1n) is 9.03. The van der Waals surface area contributed by atoms with Gasteiger partial charge in [0.05, 0.1) is 29.0 Å². The molecule has 5 heteroatoms. The lowest BCUT2D eigenvalue weighted by atomic mass is 9.78. The van der Waals surface area contributed by atoms with Gasteiger partial charge in [0.2, 0.25) is 0 Å². The number of nitrogens with zero attached hydrogens (tertiary/aromatic N) is 2. The summed E-state index contributed by atoms with van der Waals surface area (Å²) in [5.41, 5.74) is 2.94. The summed E-state index contributed by atoms with van der Waals surface area (Å²) in [5, 5.41) is 5.85. The molecule has 2 aliphatic rings. The van der Waals surface area contributed by atoms with Crippen molar-refractivity contribution in [1.82, 2.24) is 9.78 Å². The number of rotatable bonds is 3. The Morgan fingerprint density at radius 1 is 1.17 bits per heavy atom. The Morgan fingerprint density at radius 3 is 2.38 bits per heavy atom. The van der Waals surface area contributed by atoms with E-state index in [9.17, 15) is 0 Å². The van der Waals surface area contributed by atoms with E-state index in [1.807, 2.05) is 6.20 Å². The Bertz CT molecular complexity index is 776. The Morgan fingerprint density at radius 2 is 1.79 bits per heavy atom. The van der Waals surface area contributed by atoms with Gasteiger partial charge < -0.3 is 9.31 Å². The second-order valence-electron chi connectivity index (χ2n) is 8.53. The highest BCUT2D eigenvalue weighted by molar-refractivity contribution is 6.62. The first kappa shape index (κ1) is 16.2. The molecule has 2 fully saturated rings. The molecule has 1 unspecified atom stereocenters. The summed E-state index contributed by atoms with van der Waals surface area (Å²) >= 11 is 0. The molecule has 0 radical (unpaired) electrons. The van der Waals surface area contributed by atoms with Crippen LogP contribution >= 0.6 is 0 Å². The molecule has 0 bridgehead atoms. The molecule has 1 aromatic carbocycles. The van der Waals surface area contributed by atoms with Crippen LogP contribution in [0.25, 0.3) is 10.9 Å². The van der Waals surface area contributed by atoms with E-state index in [1.165, 1.54) is 29.3 Å². The first-order chi connectivity index (χ1) is 11.2. The molecule has 1 aromatic heterocycles. The van der Waals surface area contributed by atoms with Crippen LogP contribution < -0.4 is 5.46 Å². The fraction of sp³-hybridized carbons (Fsp3) is 0.632. The number of aromatic nitrogens is 2. The second-order valence-corrected chi connectivity index (χ2v) is 8.53. The predicted octanol–water partition coefficient (Wildman–Crippen LogP) is 3.61. The topological polar surface area (TPSA) is 36.3 Å². The summed E-state index contributed by atoms with van der Waals surface area (Å²) in [6.45, 7) is 12.8. The third-order valence-electron chi connectivity index (χ3n) is 6.12. The number of hydrogen-bond acceptors (Lipinski definition) is 3. The lowest BCUT2D eigenvalue weighted by molar-refractivity contribution is 0.00578. The minimum atomic E-state index is -0.317. The molecule has 1 atom stereocenters. The van der Waals surface area contributed by atoms with Crippen LogP contribution in [0.2, 0.25) is 0 Å². The SMILES string of the molecule is Cc1cc(B2OC(C)(C)C(C)(C)O2)cc2cnn(C(C)C3CC3)c12. The third-order valence-corrected chi connectivity index (χ3v) is 6.12. The normalized spacial score (nSPS) is 23.8. The standard InChI is InChI=1S/C19H27BN2O2/c1-12-9-16(20-23-18(3,4)19(5,6)24-20)10-15-11-21-22(17(12)15)13(2)14-7-8-14/h9-11,13-14H,7-8H2,1-6H3. The van der Waals surface area contributed by atoms with Gasteiger partial charge in [0, 0.05) is 5.39 Å². The third kappa shape index (κ3) is 2.41. The Balaban J connectivity index is 1.72. The minimum absolute atomic E-state index is 0.314. The van der Waals surface area contributed by atoms with Crippen LogP contribution in [0.4, 0.5) is 0 Å². The summed E-state index contributed by atoms with van der Waals surface area (Å²) in [6.07, 6.45) is 4.64. The van der Waals surface area contributed by atoms with Gasteiger partial charge in [-0.25, -0.2) is 0 Å². The van der Waals surface area contributed by atoms with E-state index in [4.69, 9.17) is 9.31 Å². The number of benzene rings is 1. The average molecular weight is 326 g/mol. The van der Waals surface area contributed by atoms with Crippen LogP contribution in [0, 0.1) is 12.8 Å². The number of fused-ring (bicyclic) bond motifs is 1. The molecular formula is C19H27BN2O2. The fourth-order valence-corrected chi connectivity index (χ4v) is 3.63. The van der Waals surface area contributed by atoms with E-state index in [2.05, 4.69) is 63.5 Å². The Kier molecular flexibility index (Phi) is 3.43. The van der Waals surface area contributed by atoms with E-state index in [0.717, 1.165) is 11.4 Å². The van der Waals surface area contributed by atoms with Crippen LogP contribution in [0.1, 0.15) is 59.1 Å². The highest BCUT2D eigenvalue weighted by Gasteiger charge is 2.51. The molecule has 4 rings (SSSR count). The molecule has 128 valence electrons. The molecule has 0 spiro atoms. The van der Waals surface area contributed by atoms with E-state index in [1.54, 1.807) is 0 Å². The molecule has 1 saturated carbocycles. The number of hydrogen-bond donors (Lipinski definition) is 0. The van der Waals surface area contributed by atoms with Crippen LogP contribution in [-0.2, 0) is 9.31 Å². The first-order valence-corrected chi connectivity index (χ1v) is 9.03. The average Bonchev–Trinajstić information content (AvgIpc) is 3.19. The van der Waals surface area contributed by atoms with Crippen LogP contribution in [-0.4, -0.2) is 28.1 Å². The molecular weight excluding hydrogens is 299 g/mol. The smallest absolute Gasteiger partial charge is 0.399 e. The van der Waals surface area contributed by atoms with Crippen molar-refractivity contribution in [1.29, 1.82) is 0 Å². The highest BCUT2D eigenvalue weighted by Crippen LogP contribution is 2.41. The van der Waals surface area contributed by atoms with Gasteiger partial charge in [-0.15, -0.1) is 0 Å². The van der Waals surface area contributed by atoms with Crippen molar-refractivity contribution in [3.63, 3.8) is 0 Å². The van der Waals surface area contributed by atoms with Crippen molar-refractivity contribution < 1.29 is 9.31 Å². The van der Waals surface area contributed by atoms with Crippen molar-refractivity contribution in [3.8, 4) is 0 Å².